The second-order valence-corrected chi connectivity index (χ2v) is 10.2. The number of aromatic nitrogens is 4. The van der Waals surface area contributed by atoms with Crippen LogP contribution in [0.15, 0.2) is 21.7 Å². The summed E-state index contributed by atoms with van der Waals surface area (Å²) in [5.74, 6) is -1.67. The minimum absolute atomic E-state index is 0.177. The molecule has 1 unspecified atom stereocenters. The van der Waals surface area contributed by atoms with Gasteiger partial charge in [0.2, 0.25) is 0 Å². The Bertz CT molecular complexity index is 1470. The fraction of sp³-hybridized carbons (Fsp3) is 0.476. The van der Waals surface area contributed by atoms with Crippen LogP contribution in [0.4, 0.5) is 0 Å². The van der Waals surface area contributed by atoms with Crippen molar-refractivity contribution in [3.8, 4) is 11.5 Å². The molecule has 38 heavy (non-hydrogen) atoms. The Kier molecular flexibility index (Phi) is 8.80. The van der Waals surface area contributed by atoms with Gasteiger partial charge in [0.15, 0.2) is 11.5 Å². The zero-order valence-corrected chi connectivity index (χ0v) is 21.4. The first-order chi connectivity index (χ1) is 17.6. The third-order valence-corrected chi connectivity index (χ3v) is 6.96. The first kappa shape index (κ1) is 29.5. The Morgan fingerprint density at radius 3 is 2.42 bits per heavy atom. The van der Waals surface area contributed by atoms with Crippen molar-refractivity contribution in [2.45, 2.75) is 57.8 Å². The van der Waals surface area contributed by atoms with Crippen LogP contribution in [0, 0.1) is 13.8 Å². The monoisotopic (exact) mass is 557 g/mol. The molecule has 208 valence electrons. The molecule has 2 aliphatic rings. The number of carbonyl (C=O) groups is 1. The van der Waals surface area contributed by atoms with Gasteiger partial charge >= 0.3 is 19.5 Å². The zero-order valence-electron chi connectivity index (χ0n) is 20.5. The van der Waals surface area contributed by atoms with E-state index >= 15 is 0 Å². The van der Waals surface area contributed by atoms with Gasteiger partial charge in [0.1, 0.15) is 24.4 Å². The molecule has 16 nitrogen and oxygen atoms in total. The lowest BCUT2D eigenvalue weighted by molar-refractivity contribution is -0.140. The molecule has 0 aromatic heterocycles. The third-order valence-electron chi connectivity index (χ3n) is 5.88. The van der Waals surface area contributed by atoms with Gasteiger partial charge in [-0.25, -0.2) is 14.3 Å². The van der Waals surface area contributed by atoms with E-state index in [0.29, 0.717) is 11.0 Å². The van der Waals surface area contributed by atoms with Crippen LogP contribution in [0.1, 0.15) is 18.1 Å². The van der Waals surface area contributed by atoms with Crippen molar-refractivity contribution in [1.82, 2.24) is 19.5 Å². The van der Waals surface area contributed by atoms with E-state index in [1.165, 1.54) is 4.57 Å². The molecule has 2 aliphatic heterocycles. The first-order valence-electron chi connectivity index (χ1n) is 11.2. The predicted molar refractivity (Wildman–Crippen MR) is 130 cm³/mol. The second kappa shape index (κ2) is 11.3. The van der Waals surface area contributed by atoms with E-state index in [9.17, 15) is 39.2 Å². The molecule has 0 aliphatic carbocycles. The molecule has 8 N–H and O–H groups in total. The number of aliphatic hydroxyl groups is 3. The van der Waals surface area contributed by atoms with E-state index in [-0.39, 0.29) is 11.5 Å². The number of H-pyrrole nitrogens is 1. The molecule has 1 aromatic carbocycles. The number of aliphatic carboxylic acids is 1. The summed E-state index contributed by atoms with van der Waals surface area (Å²) >= 11 is 0. The first-order valence-corrected chi connectivity index (χ1v) is 12.7. The summed E-state index contributed by atoms with van der Waals surface area (Å²) in [6.07, 6.45) is -7.08. The number of hydrogen-bond donors (Lipinski definition) is 7. The van der Waals surface area contributed by atoms with Crippen LogP contribution in [0.2, 0.25) is 0 Å². The Hall–Kier alpha value is -3.08. The SMILES string of the molecule is Cc1cc2nc3c(=O)[nH]c(=O)nc-3n(C[C@H](O)[C@H](O)[C@H](O)COP(=O)(O)O[C@H](C)[C@H](N)C(=O)O)c2cc1C. The second-order valence-electron chi connectivity index (χ2n) is 8.76. The van der Waals surface area contributed by atoms with E-state index in [2.05, 4.69) is 19.0 Å². The number of nitrogens with two attached hydrogens (primary N) is 1. The Morgan fingerprint density at radius 1 is 1.16 bits per heavy atom. The molecular weight excluding hydrogens is 529 g/mol. The smallest absolute Gasteiger partial charge is 0.472 e. The number of aliphatic hydroxyl groups excluding tert-OH is 3. The summed E-state index contributed by atoms with van der Waals surface area (Å²) < 4.78 is 22.6. The number of aromatic amines is 1. The minimum atomic E-state index is -4.91. The van der Waals surface area contributed by atoms with Gasteiger partial charge in [-0.1, -0.05) is 0 Å². The van der Waals surface area contributed by atoms with Gasteiger partial charge in [-0.2, -0.15) is 4.98 Å². The van der Waals surface area contributed by atoms with Gasteiger partial charge in [0.25, 0.3) is 5.56 Å². The maximum absolute atomic E-state index is 12.4. The Labute approximate surface area is 214 Å². The molecule has 1 aromatic rings. The highest BCUT2D eigenvalue weighted by molar-refractivity contribution is 7.47. The largest absolute Gasteiger partial charge is 0.480 e. The fourth-order valence-electron chi connectivity index (χ4n) is 3.56. The van der Waals surface area contributed by atoms with Crippen LogP contribution in [-0.4, -0.2) is 87.9 Å². The highest BCUT2D eigenvalue weighted by Gasteiger charge is 2.34. The number of phosphoric acid groups is 1. The minimum Gasteiger partial charge on any atom is -0.480 e. The van der Waals surface area contributed by atoms with E-state index in [0.717, 1.165) is 18.1 Å². The lowest BCUT2D eigenvalue weighted by atomic mass is 10.1. The van der Waals surface area contributed by atoms with Gasteiger partial charge < -0.3 is 35.6 Å². The lowest BCUT2D eigenvalue weighted by Gasteiger charge is -2.26. The van der Waals surface area contributed by atoms with Crippen molar-refractivity contribution in [1.29, 1.82) is 0 Å². The molecule has 0 fully saturated rings. The molecule has 3 rings (SSSR count). The standard InChI is InChI=1S/C21H28N5O11P/c1-8-4-11-12(5-9(8)2)26(18-16(23-11)19(30)25-21(33)24-18)6-13(27)17(29)14(28)7-36-38(34,35)37-10(3)15(22)20(31)32/h4-5,10,13-15,17,27-29H,6-7,22H2,1-3H3,(H,31,32)(H,34,35)(H,25,30,33)/t10-,13+,14-,15+,17+/m1/s1. The summed E-state index contributed by atoms with van der Waals surface area (Å²) in [6.45, 7) is 3.27. The summed E-state index contributed by atoms with van der Waals surface area (Å²) in [7, 11) is -4.91. The topological polar surface area (TPSA) is 260 Å². The van der Waals surface area contributed by atoms with E-state index < -0.39 is 68.7 Å². The van der Waals surface area contributed by atoms with E-state index in [1.54, 1.807) is 19.1 Å². The molecule has 2 heterocycles. The fourth-order valence-corrected chi connectivity index (χ4v) is 4.52. The molecule has 0 spiro atoms. The van der Waals surface area contributed by atoms with Gasteiger partial charge in [0.05, 0.1) is 30.3 Å². The number of fused-ring (bicyclic) bond motifs is 2. The van der Waals surface area contributed by atoms with Crippen molar-refractivity contribution in [3.05, 3.63) is 44.1 Å². The highest BCUT2D eigenvalue weighted by atomic mass is 31.2. The Balaban J connectivity index is 1.84. The number of aryl methyl sites for hydroxylation is 2. The number of phosphoric ester groups is 1. The summed E-state index contributed by atoms with van der Waals surface area (Å²) in [4.78, 5) is 55.0. The van der Waals surface area contributed by atoms with Crippen molar-refractivity contribution >= 4 is 24.8 Å². The molecule has 6 atom stereocenters. The molecule has 0 saturated heterocycles. The maximum Gasteiger partial charge on any atom is 0.472 e. The number of benzene rings is 1. The van der Waals surface area contributed by atoms with Crippen molar-refractivity contribution in [3.63, 3.8) is 0 Å². The van der Waals surface area contributed by atoms with Crippen LogP contribution in [0.25, 0.3) is 22.6 Å². The average molecular weight is 557 g/mol. The molecule has 0 bridgehead atoms. The van der Waals surface area contributed by atoms with Crippen LogP contribution in [-0.2, 0) is 25.0 Å². The lowest BCUT2D eigenvalue weighted by Crippen LogP contribution is -2.43. The van der Waals surface area contributed by atoms with Gasteiger partial charge in [-0.15, -0.1) is 0 Å². The van der Waals surface area contributed by atoms with Gasteiger partial charge in [0, 0.05) is 0 Å². The molecule has 0 amide bonds. The number of nitrogens with zero attached hydrogens (tertiary/aromatic N) is 3. The van der Waals surface area contributed by atoms with Crippen LogP contribution in [0.5, 0.6) is 0 Å². The summed E-state index contributed by atoms with van der Waals surface area (Å²) in [5.41, 5.74) is 5.72. The molecule has 0 saturated carbocycles. The normalized spacial score (nSPS) is 17.6. The van der Waals surface area contributed by atoms with Crippen LogP contribution < -0.4 is 17.0 Å². The molecule has 0 radical (unpaired) electrons. The predicted octanol–water partition coefficient (Wildman–Crippen LogP) is -1.78. The number of carboxylic acids is 1. The van der Waals surface area contributed by atoms with E-state index in [1.807, 2.05) is 11.9 Å². The van der Waals surface area contributed by atoms with Crippen molar-refractivity contribution in [2.75, 3.05) is 6.61 Å². The third kappa shape index (κ3) is 6.48. The highest BCUT2D eigenvalue weighted by Crippen LogP contribution is 2.45. The maximum atomic E-state index is 12.4. The zero-order chi connectivity index (χ0) is 28.5. The number of carboxylic acid groups (broad SMARTS) is 1. The van der Waals surface area contributed by atoms with Crippen LogP contribution >= 0.6 is 7.82 Å². The number of hydrogen-bond acceptors (Lipinski definition) is 12. The van der Waals surface area contributed by atoms with Crippen molar-refractivity contribution < 1.29 is 43.7 Å². The molecular formula is C21H28N5O11P. The Morgan fingerprint density at radius 2 is 1.79 bits per heavy atom. The number of nitrogens with one attached hydrogen (secondary N) is 1. The van der Waals surface area contributed by atoms with Crippen molar-refractivity contribution in [2.24, 2.45) is 5.73 Å². The van der Waals surface area contributed by atoms with Gasteiger partial charge in [-0.3, -0.25) is 23.6 Å². The average Bonchev–Trinajstić information content (AvgIpc) is 2.82. The van der Waals surface area contributed by atoms with E-state index in [4.69, 9.17) is 10.8 Å². The van der Waals surface area contributed by atoms with Gasteiger partial charge in [-0.05, 0) is 44.0 Å². The number of rotatable bonds is 11. The van der Waals surface area contributed by atoms with Crippen LogP contribution in [0.3, 0.4) is 0 Å². The molecule has 17 heteroatoms. The summed E-state index contributed by atoms with van der Waals surface area (Å²) in [6, 6.07) is 1.74. The summed E-state index contributed by atoms with van der Waals surface area (Å²) in [5, 5.41) is 40.3. The quantitative estimate of drug-likeness (QED) is 0.102.